The predicted molar refractivity (Wildman–Crippen MR) is 112 cm³/mol. The topological polar surface area (TPSA) is 141 Å². The van der Waals surface area contributed by atoms with E-state index in [0.29, 0.717) is 11.3 Å². The maximum Gasteiger partial charge on any atom is 0.344 e. The van der Waals surface area contributed by atoms with E-state index in [2.05, 4.69) is 0 Å². The van der Waals surface area contributed by atoms with Crippen molar-refractivity contribution in [1.29, 1.82) is 0 Å². The molecule has 1 amide bonds. The van der Waals surface area contributed by atoms with Crippen LogP contribution >= 0.6 is 24.0 Å². The SMILES string of the molecule is CCC(Oc1cccc(/C=C2\SC(=S)N(C(CCC(=O)O)C(=O)O)C2=O)c1)C(=O)O. The number of thioether (sulfide) groups is 1. The third-order valence-electron chi connectivity index (χ3n) is 4.13. The van der Waals surface area contributed by atoms with Gasteiger partial charge in [-0.3, -0.25) is 14.5 Å². The number of carbonyl (C=O) groups excluding carboxylic acids is 1. The fraction of sp³-hybridized carbons (Fsp3) is 0.316. The lowest BCUT2D eigenvalue weighted by Gasteiger charge is -2.22. The number of carboxylic acid groups (broad SMARTS) is 3. The van der Waals surface area contributed by atoms with Crippen molar-refractivity contribution in [3.05, 3.63) is 34.7 Å². The van der Waals surface area contributed by atoms with Gasteiger partial charge in [0, 0.05) is 6.42 Å². The number of hydrogen-bond acceptors (Lipinski definition) is 7. The molecule has 2 atom stereocenters. The Labute approximate surface area is 181 Å². The Bertz CT molecular complexity index is 914. The first-order valence-electron chi connectivity index (χ1n) is 8.85. The van der Waals surface area contributed by atoms with Gasteiger partial charge in [-0.15, -0.1) is 0 Å². The molecule has 0 aliphatic carbocycles. The molecule has 1 aliphatic rings. The van der Waals surface area contributed by atoms with E-state index in [1.54, 1.807) is 31.2 Å². The van der Waals surface area contributed by atoms with Crippen molar-refractivity contribution < 1.29 is 39.2 Å². The van der Waals surface area contributed by atoms with Gasteiger partial charge in [0.2, 0.25) is 0 Å². The smallest absolute Gasteiger partial charge is 0.344 e. The van der Waals surface area contributed by atoms with Crippen molar-refractivity contribution in [2.45, 2.75) is 38.3 Å². The third-order valence-corrected chi connectivity index (χ3v) is 5.46. The molecule has 160 valence electrons. The largest absolute Gasteiger partial charge is 0.481 e. The number of carboxylic acids is 3. The van der Waals surface area contributed by atoms with Crippen LogP contribution in [0.25, 0.3) is 6.08 Å². The summed E-state index contributed by atoms with van der Waals surface area (Å²) in [4.78, 5) is 47.3. The van der Waals surface area contributed by atoms with Crippen molar-refractivity contribution >= 4 is 58.2 Å². The van der Waals surface area contributed by atoms with Crippen LogP contribution < -0.4 is 4.74 Å². The minimum absolute atomic E-state index is 0.0216. The number of thiocarbonyl (C=S) groups is 1. The van der Waals surface area contributed by atoms with E-state index in [-0.39, 0.29) is 22.1 Å². The highest BCUT2D eigenvalue weighted by Crippen LogP contribution is 2.35. The number of ether oxygens (including phenoxy) is 1. The van der Waals surface area contributed by atoms with Gasteiger partial charge >= 0.3 is 17.9 Å². The van der Waals surface area contributed by atoms with Crippen LogP contribution in [0.1, 0.15) is 31.7 Å². The van der Waals surface area contributed by atoms with Crippen LogP contribution in [0, 0.1) is 0 Å². The highest BCUT2D eigenvalue weighted by molar-refractivity contribution is 8.26. The van der Waals surface area contributed by atoms with Crippen LogP contribution in [0.15, 0.2) is 29.2 Å². The summed E-state index contributed by atoms with van der Waals surface area (Å²) in [7, 11) is 0. The molecule has 11 heteroatoms. The number of nitrogens with zero attached hydrogens (tertiary/aromatic N) is 1. The van der Waals surface area contributed by atoms with Crippen LogP contribution in [-0.2, 0) is 19.2 Å². The van der Waals surface area contributed by atoms with Gasteiger partial charge in [-0.1, -0.05) is 43.0 Å². The predicted octanol–water partition coefficient (Wildman–Crippen LogP) is 2.45. The number of benzene rings is 1. The van der Waals surface area contributed by atoms with Crippen molar-refractivity contribution in [2.24, 2.45) is 0 Å². The summed E-state index contributed by atoms with van der Waals surface area (Å²) in [6.07, 6.45) is 0.0504. The van der Waals surface area contributed by atoms with Gasteiger partial charge in [-0.2, -0.15) is 0 Å². The lowest BCUT2D eigenvalue weighted by Crippen LogP contribution is -2.44. The summed E-state index contributed by atoms with van der Waals surface area (Å²) in [5.74, 6) is -3.94. The molecule has 0 saturated carbocycles. The van der Waals surface area contributed by atoms with E-state index in [9.17, 15) is 24.3 Å². The minimum atomic E-state index is -1.38. The van der Waals surface area contributed by atoms with Gasteiger partial charge in [0.05, 0.1) is 4.91 Å². The number of rotatable bonds is 10. The Morgan fingerprint density at radius 2 is 1.93 bits per heavy atom. The lowest BCUT2D eigenvalue weighted by atomic mass is 10.1. The van der Waals surface area contributed by atoms with E-state index >= 15 is 0 Å². The van der Waals surface area contributed by atoms with Crippen LogP contribution in [-0.4, -0.2) is 60.5 Å². The molecule has 0 spiro atoms. The van der Waals surface area contributed by atoms with Crippen molar-refractivity contribution in [3.8, 4) is 5.75 Å². The van der Waals surface area contributed by atoms with Gasteiger partial charge in [0.1, 0.15) is 16.1 Å². The Kier molecular flexibility index (Phi) is 7.95. The Balaban J connectivity index is 2.24. The quantitative estimate of drug-likeness (QED) is 0.357. The molecule has 0 radical (unpaired) electrons. The van der Waals surface area contributed by atoms with Crippen LogP contribution in [0.3, 0.4) is 0 Å². The first-order valence-corrected chi connectivity index (χ1v) is 10.1. The molecule has 1 fully saturated rings. The van der Waals surface area contributed by atoms with E-state index in [1.165, 1.54) is 6.08 Å². The van der Waals surface area contributed by atoms with Crippen LogP contribution in [0.4, 0.5) is 0 Å². The monoisotopic (exact) mass is 453 g/mol. The molecule has 1 aliphatic heterocycles. The number of amides is 1. The van der Waals surface area contributed by atoms with Gasteiger partial charge in [-0.05, 0) is 36.6 Å². The molecule has 9 nitrogen and oxygen atoms in total. The fourth-order valence-electron chi connectivity index (χ4n) is 2.67. The zero-order valence-corrected chi connectivity index (χ0v) is 17.4. The molecule has 1 aromatic carbocycles. The fourth-order valence-corrected chi connectivity index (χ4v) is 4.03. The molecule has 2 unspecified atom stereocenters. The summed E-state index contributed by atoms with van der Waals surface area (Å²) in [6.45, 7) is 1.68. The third kappa shape index (κ3) is 5.80. The van der Waals surface area contributed by atoms with Crippen molar-refractivity contribution in [2.75, 3.05) is 0 Å². The number of hydrogen-bond donors (Lipinski definition) is 3. The second-order valence-electron chi connectivity index (χ2n) is 6.26. The van der Waals surface area contributed by atoms with E-state index < -0.39 is 42.4 Å². The summed E-state index contributed by atoms with van der Waals surface area (Å²) >= 11 is 6.05. The van der Waals surface area contributed by atoms with Gasteiger partial charge in [-0.25, -0.2) is 9.59 Å². The van der Waals surface area contributed by atoms with Gasteiger partial charge in [0.15, 0.2) is 6.10 Å². The lowest BCUT2D eigenvalue weighted by molar-refractivity contribution is -0.146. The first-order chi connectivity index (χ1) is 14.1. The molecule has 2 rings (SSSR count). The molecule has 3 N–H and O–H groups in total. The van der Waals surface area contributed by atoms with E-state index in [1.807, 2.05) is 0 Å². The molecule has 0 aromatic heterocycles. The second kappa shape index (κ2) is 10.2. The summed E-state index contributed by atoms with van der Waals surface area (Å²) < 4.78 is 5.45. The zero-order valence-electron chi connectivity index (χ0n) is 15.8. The van der Waals surface area contributed by atoms with Gasteiger partial charge < -0.3 is 20.1 Å². The van der Waals surface area contributed by atoms with Crippen LogP contribution in [0.5, 0.6) is 5.75 Å². The standard InChI is InChI=1S/C19H19NO8S2/c1-2-13(18(26)27)28-11-5-3-4-10(8-11)9-14-16(23)20(19(29)30-14)12(17(24)25)6-7-15(21)22/h3-5,8-9,12-13H,2,6-7H2,1H3,(H,21,22)(H,24,25)(H,26,27)/b14-9-. The maximum absolute atomic E-state index is 12.7. The van der Waals surface area contributed by atoms with Crippen LogP contribution in [0.2, 0.25) is 0 Å². The average Bonchev–Trinajstić information content (AvgIpc) is 2.93. The first kappa shape index (κ1) is 23.4. The summed E-state index contributed by atoms with van der Waals surface area (Å²) in [5, 5.41) is 27.3. The summed E-state index contributed by atoms with van der Waals surface area (Å²) in [6, 6.07) is 5.05. The van der Waals surface area contributed by atoms with E-state index in [0.717, 1.165) is 16.7 Å². The molecular weight excluding hydrogens is 434 g/mol. The highest BCUT2D eigenvalue weighted by atomic mass is 32.2. The maximum atomic E-state index is 12.7. The molecule has 1 aromatic rings. The average molecular weight is 453 g/mol. The zero-order chi connectivity index (χ0) is 22.4. The molecule has 1 heterocycles. The summed E-state index contributed by atoms with van der Waals surface area (Å²) in [5.41, 5.74) is 0.533. The normalized spacial score (nSPS) is 17.1. The second-order valence-corrected chi connectivity index (χ2v) is 7.94. The Hall–Kier alpha value is -2.92. The number of carbonyl (C=O) groups is 4. The number of aliphatic carboxylic acids is 3. The Morgan fingerprint density at radius 1 is 1.23 bits per heavy atom. The highest BCUT2D eigenvalue weighted by Gasteiger charge is 2.40. The van der Waals surface area contributed by atoms with Crippen molar-refractivity contribution in [3.63, 3.8) is 0 Å². The molecule has 30 heavy (non-hydrogen) atoms. The van der Waals surface area contributed by atoms with Gasteiger partial charge in [0.25, 0.3) is 5.91 Å². The van der Waals surface area contributed by atoms with Crippen molar-refractivity contribution in [1.82, 2.24) is 4.90 Å². The molecule has 1 saturated heterocycles. The minimum Gasteiger partial charge on any atom is -0.481 e. The molecule has 0 bridgehead atoms. The molecular formula is C19H19NO8S2. The van der Waals surface area contributed by atoms with E-state index in [4.69, 9.17) is 27.2 Å². The Morgan fingerprint density at radius 3 is 2.50 bits per heavy atom.